The summed E-state index contributed by atoms with van der Waals surface area (Å²) in [6, 6.07) is 7.24. The molecular formula is C18H22N6O2. The Hall–Kier alpha value is -3.16. The Balaban J connectivity index is 1.54. The van der Waals surface area contributed by atoms with E-state index in [1.54, 1.807) is 16.8 Å². The maximum Gasteiger partial charge on any atom is 0.272 e. The van der Waals surface area contributed by atoms with E-state index in [9.17, 15) is 9.59 Å². The number of aryl methyl sites for hydroxylation is 2. The SMILES string of the molecule is CCn1nc(C)c(CNC(=O)CNC(=O)c2cc3ccccn3n2)c1C. The summed E-state index contributed by atoms with van der Waals surface area (Å²) in [6.07, 6.45) is 1.76. The van der Waals surface area contributed by atoms with E-state index in [0.29, 0.717) is 6.54 Å². The van der Waals surface area contributed by atoms with Crippen LogP contribution >= 0.6 is 0 Å². The first-order valence-electron chi connectivity index (χ1n) is 8.51. The van der Waals surface area contributed by atoms with Crippen LogP contribution in [0, 0.1) is 13.8 Å². The highest BCUT2D eigenvalue weighted by Gasteiger charge is 2.14. The van der Waals surface area contributed by atoms with Crippen molar-refractivity contribution in [3.8, 4) is 0 Å². The lowest BCUT2D eigenvalue weighted by Gasteiger charge is -2.07. The highest BCUT2D eigenvalue weighted by atomic mass is 16.2. The molecule has 0 aliphatic heterocycles. The molecule has 8 heteroatoms. The van der Waals surface area contributed by atoms with Crippen molar-refractivity contribution in [1.82, 2.24) is 30.0 Å². The van der Waals surface area contributed by atoms with Crippen molar-refractivity contribution < 1.29 is 9.59 Å². The topological polar surface area (TPSA) is 93.3 Å². The Kier molecular flexibility index (Phi) is 5.01. The monoisotopic (exact) mass is 354 g/mol. The number of fused-ring (bicyclic) bond motifs is 1. The van der Waals surface area contributed by atoms with E-state index in [-0.39, 0.29) is 24.1 Å². The predicted octanol–water partition coefficient (Wildman–Crippen LogP) is 1.21. The standard InChI is InChI=1S/C18H22N6O2/c1-4-23-13(3)15(12(2)21-23)10-19-17(25)11-20-18(26)16-9-14-7-5-6-8-24(14)22-16/h5-9H,4,10-11H2,1-3H3,(H,19,25)(H,20,26). The summed E-state index contributed by atoms with van der Waals surface area (Å²) < 4.78 is 3.52. The van der Waals surface area contributed by atoms with Gasteiger partial charge in [-0.3, -0.25) is 14.3 Å². The fourth-order valence-corrected chi connectivity index (χ4v) is 2.85. The van der Waals surface area contributed by atoms with E-state index >= 15 is 0 Å². The third kappa shape index (κ3) is 3.58. The summed E-state index contributed by atoms with van der Waals surface area (Å²) in [4.78, 5) is 24.2. The van der Waals surface area contributed by atoms with Gasteiger partial charge in [0, 0.05) is 30.5 Å². The van der Waals surface area contributed by atoms with Gasteiger partial charge in [0.15, 0.2) is 5.69 Å². The number of aromatic nitrogens is 4. The molecule has 3 aromatic heterocycles. The first-order valence-corrected chi connectivity index (χ1v) is 8.51. The van der Waals surface area contributed by atoms with Crippen molar-refractivity contribution in [2.24, 2.45) is 0 Å². The molecule has 3 heterocycles. The van der Waals surface area contributed by atoms with Crippen LogP contribution in [0.2, 0.25) is 0 Å². The third-order valence-electron chi connectivity index (χ3n) is 4.31. The van der Waals surface area contributed by atoms with Crippen LogP contribution in [0.25, 0.3) is 5.52 Å². The van der Waals surface area contributed by atoms with Gasteiger partial charge in [-0.25, -0.2) is 4.52 Å². The molecule has 0 saturated carbocycles. The van der Waals surface area contributed by atoms with Gasteiger partial charge in [0.05, 0.1) is 17.8 Å². The van der Waals surface area contributed by atoms with E-state index in [4.69, 9.17) is 0 Å². The molecule has 0 radical (unpaired) electrons. The molecule has 0 aliphatic carbocycles. The quantitative estimate of drug-likeness (QED) is 0.696. The van der Waals surface area contributed by atoms with Crippen molar-refractivity contribution in [3.63, 3.8) is 0 Å². The lowest BCUT2D eigenvalue weighted by Crippen LogP contribution is -2.36. The lowest BCUT2D eigenvalue weighted by molar-refractivity contribution is -0.120. The number of nitrogens with one attached hydrogen (secondary N) is 2. The van der Waals surface area contributed by atoms with Crippen LogP contribution < -0.4 is 10.6 Å². The van der Waals surface area contributed by atoms with Crippen LogP contribution in [-0.4, -0.2) is 37.8 Å². The van der Waals surface area contributed by atoms with Gasteiger partial charge in [0.25, 0.3) is 5.91 Å². The molecule has 8 nitrogen and oxygen atoms in total. The van der Waals surface area contributed by atoms with E-state index < -0.39 is 0 Å². The van der Waals surface area contributed by atoms with Gasteiger partial charge in [0.1, 0.15) is 0 Å². The van der Waals surface area contributed by atoms with E-state index in [2.05, 4.69) is 20.8 Å². The van der Waals surface area contributed by atoms with Crippen molar-refractivity contribution in [1.29, 1.82) is 0 Å². The molecule has 3 rings (SSSR count). The molecule has 0 fully saturated rings. The Morgan fingerprint density at radius 2 is 1.96 bits per heavy atom. The Bertz CT molecular complexity index is 923. The molecule has 0 aromatic carbocycles. The Morgan fingerprint density at radius 3 is 2.65 bits per heavy atom. The molecule has 0 spiro atoms. The van der Waals surface area contributed by atoms with Crippen LogP contribution in [0.3, 0.4) is 0 Å². The Morgan fingerprint density at radius 1 is 1.15 bits per heavy atom. The number of hydrogen-bond donors (Lipinski definition) is 2. The number of carbonyl (C=O) groups excluding carboxylic acids is 2. The zero-order valence-electron chi connectivity index (χ0n) is 15.1. The molecule has 2 N–H and O–H groups in total. The van der Waals surface area contributed by atoms with Gasteiger partial charge < -0.3 is 10.6 Å². The smallest absolute Gasteiger partial charge is 0.272 e. The molecule has 0 bridgehead atoms. The lowest BCUT2D eigenvalue weighted by atomic mass is 10.2. The van der Waals surface area contributed by atoms with Gasteiger partial charge in [-0.05, 0) is 39.0 Å². The van der Waals surface area contributed by atoms with Crippen LogP contribution in [-0.2, 0) is 17.9 Å². The molecule has 2 amide bonds. The van der Waals surface area contributed by atoms with Crippen LogP contribution in [0.5, 0.6) is 0 Å². The molecule has 136 valence electrons. The molecule has 0 saturated heterocycles. The van der Waals surface area contributed by atoms with Crippen molar-refractivity contribution in [2.75, 3.05) is 6.54 Å². The summed E-state index contributed by atoms with van der Waals surface area (Å²) in [5.41, 5.74) is 4.05. The van der Waals surface area contributed by atoms with Gasteiger partial charge in [-0.15, -0.1) is 0 Å². The molecule has 3 aromatic rings. The zero-order valence-corrected chi connectivity index (χ0v) is 15.1. The fraction of sp³-hybridized carbons (Fsp3) is 0.333. The van der Waals surface area contributed by atoms with Crippen LogP contribution in [0.4, 0.5) is 0 Å². The third-order valence-corrected chi connectivity index (χ3v) is 4.31. The highest BCUT2D eigenvalue weighted by molar-refractivity contribution is 5.95. The summed E-state index contributed by atoms with van der Waals surface area (Å²) in [5, 5.41) is 14.0. The highest BCUT2D eigenvalue weighted by Crippen LogP contribution is 2.12. The summed E-state index contributed by atoms with van der Waals surface area (Å²) in [5.74, 6) is -0.639. The number of rotatable bonds is 6. The van der Waals surface area contributed by atoms with E-state index in [1.165, 1.54) is 0 Å². The second kappa shape index (κ2) is 7.38. The maximum atomic E-state index is 12.2. The normalized spacial score (nSPS) is 10.9. The number of hydrogen-bond acceptors (Lipinski definition) is 4. The minimum absolute atomic E-state index is 0.104. The van der Waals surface area contributed by atoms with Crippen molar-refractivity contribution >= 4 is 17.3 Å². The molecule has 0 unspecified atom stereocenters. The fourth-order valence-electron chi connectivity index (χ4n) is 2.85. The van der Waals surface area contributed by atoms with Gasteiger partial charge in [-0.2, -0.15) is 10.2 Å². The second-order valence-electron chi connectivity index (χ2n) is 6.02. The van der Waals surface area contributed by atoms with Crippen molar-refractivity contribution in [2.45, 2.75) is 33.9 Å². The Labute approximate surface area is 151 Å². The summed E-state index contributed by atoms with van der Waals surface area (Å²) in [6.45, 7) is 7.00. The van der Waals surface area contributed by atoms with Gasteiger partial charge in [0.2, 0.25) is 5.91 Å². The average molecular weight is 354 g/mol. The maximum absolute atomic E-state index is 12.2. The summed E-state index contributed by atoms with van der Waals surface area (Å²) in [7, 11) is 0. The first kappa shape index (κ1) is 17.7. The number of pyridine rings is 1. The zero-order chi connectivity index (χ0) is 18.7. The molecular weight excluding hydrogens is 332 g/mol. The minimum atomic E-state index is -0.380. The van der Waals surface area contributed by atoms with Gasteiger partial charge >= 0.3 is 0 Å². The van der Waals surface area contributed by atoms with E-state index in [1.807, 2.05) is 43.7 Å². The van der Waals surface area contributed by atoms with Crippen LogP contribution in [0.1, 0.15) is 34.4 Å². The number of nitrogens with zero attached hydrogens (tertiary/aromatic N) is 4. The number of amides is 2. The van der Waals surface area contributed by atoms with Crippen LogP contribution in [0.15, 0.2) is 30.5 Å². The summed E-state index contributed by atoms with van der Waals surface area (Å²) >= 11 is 0. The molecule has 0 aliphatic rings. The minimum Gasteiger partial charge on any atom is -0.350 e. The molecule has 0 atom stereocenters. The van der Waals surface area contributed by atoms with E-state index in [0.717, 1.165) is 29.0 Å². The molecule has 26 heavy (non-hydrogen) atoms. The number of carbonyl (C=O) groups is 2. The predicted molar refractivity (Wildman–Crippen MR) is 96.7 cm³/mol. The van der Waals surface area contributed by atoms with Crippen molar-refractivity contribution in [3.05, 3.63) is 53.1 Å². The first-order chi connectivity index (χ1) is 12.5. The average Bonchev–Trinajstić information content (AvgIpc) is 3.19. The second-order valence-corrected chi connectivity index (χ2v) is 6.02. The van der Waals surface area contributed by atoms with Gasteiger partial charge in [-0.1, -0.05) is 6.07 Å². The largest absolute Gasteiger partial charge is 0.350 e.